The molecule has 1 aromatic carbocycles. The second kappa shape index (κ2) is 9.14. The molecule has 0 radical (unpaired) electrons. The Bertz CT molecular complexity index is 653. The van der Waals surface area contributed by atoms with E-state index in [1.807, 2.05) is 39.2 Å². The van der Waals surface area contributed by atoms with Crippen molar-refractivity contribution in [2.45, 2.75) is 17.5 Å². The molecule has 144 valence electrons. The maximum Gasteiger partial charge on any atom is 0.239 e. The summed E-state index contributed by atoms with van der Waals surface area (Å²) < 4.78 is 10.8. The zero-order valence-electron chi connectivity index (χ0n) is 16.0. The first-order chi connectivity index (χ1) is 12.4. The Morgan fingerprint density at radius 2 is 2.04 bits per heavy atom. The molecule has 1 aliphatic heterocycles. The molecule has 7 nitrogen and oxygen atoms in total. The van der Waals surface area contributed by atoms with Gasteiger partial charge in [-0.1, -0.05) is 0 Å². The van der Waals surface area contributed by atoms with E-state index in [0.29, 0.717) is 18.0 Å². The van der Waals surface area contributed by atoms with E-state index in [1.54, 1.807) is 19.1 Å². The largest absolute Gasteiger partial charge is 0.497 e. The van der Waals surface area contributed by atoms with Crippen LogP contribution in [0.2, 0.25) is 0 Å². The van der Waals surface area contributed by atoms with Crippen molar-refractivity contribution in [2.75, 3.05) is 47.9 Å². The number of likely N-dealkylation sites (N-methyl/N-ethyl adjacent to an activating group) is 1. The molecule has 1 heterocycles. The first-order valence-corrected chi connectivity index (χ1v) is 9.55. The van der Waals surface area contributed by atoms with Crippen LogP contribution in [0.25, 0.3) is 0 Å². The maximum absolute atomic E-state index is 12.6. The molecule has 1 fully saturated rings. The number of thioether (sulfide) groups is 1. The van der Waals surface area contributed by atoms with Gasteiger partial charge in [-0.3, -0.25) is 9.59 Å². The SMILES string of the molecule is COc1ccc(OC)c([C@@H]2S[C@@H](C)C(=O)N2CC(=O)NCC[NH+](C)C)c1. The highest BCUT2D eigenvalue weighted by atomic mass is 32.2. The molecule has 0 saturated carbocycles. The van der Waals surface area contributed by atoms with Crippen molar-refractivity contribution in [2.24, 2.45) is 0 Å². The van der Waals surface area contributed by atoms with E-state index in [9.17, 15) is 9.59 Å². The minimum absolute atomic E-state index is 0.0317. The molecule has 0 aliphatic carbocycles. The van der Waals surface area contributed by atoms with Crippen molar-refractivity contribution in [1.82, 2.24) is 10.2 Å². The van der Waals surface area contributed by atoms with Crippen molar-refractivity contribution in [3.05, 3.63) is 23.8 Å². The highest BCUT2D eigenvalue weighted by Gasteiger charge is 2.40. The number of carbonyl (C=O) groups excluding carboxylic acids is 2. The number of methoxy groups -OCH3 is 2. The summed E-state index contributed by atoms with van der Waals surface area (Å²) in [6.07, 6.45) is 0. The number of rotatable bonds is 8. The minimum Gasteiger partial charge on any atom is -0.497 e. The number of quaternary nitrogens is 1. The zero-order chi connectivity index (χ0) is 19.3. The summed E-state index contributed by atoms with van der Waals surface area (Å²) in [5, 5.41) is 2.38. The fourth-order valence-electron chi connectivity index (χ4n) is 2.77. The smallest absolute Gasteiger partial charge is 0.239 e. The number of hydrogen-bond acceptors (Lipinski definition) is 5. The molecule has 2 amide bonds. The van der Waals surface area contributed by atoms with E-state index in [1.165, 1.54) is 16.7 Å². The van der Waals surface area contributed by atoms with Crippen molar-refractivity contribution < 1.29 is 24.0 Å². The van der Waals surface area contributed by atoms with Crippen molar-refractivity contribution in [1.29, 1.82) is 0 Å². The Labute approximate surface area is 159 Å². The Kier molecular flexibility index (Phi) is 7.16. The van der Waals surface area contributed by atoms with Crippen LogP contribution >= 0.6 is 11.8 Å². The zero-order valence-corrected chi connectivity index (χ0v) is 16.8. The summed E-state index contributed by atoms with van der Waals surface area (Å²) in [5.74, 6) is 1.16. The third-order valence-corrected chi connectivity index (χ3v) is 5.59. The number of carbonyl (C=O) groups is 2. The van der Waals surface area contributed by atoms with Crippen LogP contribution in [0, 0.1) is 0 Å². The molecule has 0 bridgehead atoms. The van der Waals surface area contributed by atoms with Gasteiger partial charge in [-0.15, -0.1) is 11.8 Å². The predicted octanol–water partition coefficient (Wildman–Crippen LogP) is -0.0730. The van der Waals surface area contributed by atoms with E-state index in [4.69, 9.17) is 9.47 Å². The summed E-state index contributed by atoms with van der Waals surface area (Å²) in [4.78, 5) is 27.8. The molecule has 0 aromatic heterocycles. The molecule has 26 heavy (non-hydrogen) atoms. The maximum atomic E-state index is 12.6. The van der Waals surface area contributed by atoms with Crippen molar-refractivity contribution >= 4 is 23.6 Å². The number of hydrogen-bond donors (Lipinski definition) is 2. The average Bonchev–Trinajstić information content (AvgIpc) is 2.89. The van der Waals surface area contributed by atoms with Crippen LogP contribution in [0.5, 0.6) is 11.5 Å². The molecule has 1 aliphatic rings. The van der Waals surface area contributed by atoms with E-state index in [-0.39, 0.29) is 29.0 Å². The molecular formula is C18H28N3O4S+. The molecule has 0 spiro atoms. The van der Waals surface area contributed by atoms with Crippen LogP contribution < -0.4 is 19.7 Å². The molecule has 2 N–H and O–H groups in total. The third kappa shape index (κ3) is 4.82. The fourth-order valence-corrected chi connectivity index (χ4v) is 4.07. The van der Waals surface area contributed by atoms with E-state index < -0.39 is 0 Å². The van der Waals surface area contributed by atoms with Gasteiger partial charge in [0.1, 0.15) is 23.4 Å². The van der Waals surface area contributed by atoms with Gasteiger partial charge in [0.05, 0.1) is 46.7 Å². The van der Waals surface area contributed by atoms with Gasteiger partial charge < -0.3 is 24.6 Å². The van der Waals surface area contributed by atoms with Crippen LogP contribution in [0.15, 0.2) is 18.2 Å². The van der Waals surface area contributed by atoms with Crippen LogP contribution in [0.1, 0.15) is 17.9 Å². The van der Waals surface area contributed by atoms with Crippen molar-refractivity contribution in [3.63, 3.8) is 0 Å². The normalized spacial score (nSPS) is 19.8. The lowest BCUT2D eigenvalue weighted by atomic mass is 10.1. The van der Waals surface area contributed by atoms with Crippen LogP contribution in [-0.4, -0.2) is 69.9 Å². The van der Waals surface area contributed by atoms with Crippen molar-refractivity contribution in [3.8, 4) is 11.5 Å². The molecule has 2 atom stereocenters. The monoisotopic (exact) mass is 382 g/mol. The topological polar surface area (TPSA) is 72.3 Å². The molecule has 0 unspecified atom stereocenters. The van der Waals surface area contributed by atoms with Crippen LogP contribution in [-0.2, 0) is 9.59 Å². The average molecular weight is 383 g/mol. The Balaban J connectivity index is 2.19. The highest BCUT2D eigenvalue weighted by Crippen LogP contribution is 2.46. The first kappa shape index (κ1) is 20.4. The standard InChI is InChI=1S/C18H27N3O4S/c1-12-17(23)21(11-16(22)19-8-9-20(2)3)18(26-12)14-10-13(24-4)6-7-15(14)25-5/h6-7,10,12,18H,8-9,11H2,1-5H3,(H,19,22)/p+1/t12-,18-/m0/s1. The van der Waals surface area contributed by atoms with Gasteiger partial charge >= 0.3 is 0 Å². The Morgan fingerprint density at radius 3 is 2.65 bits per heavy atom. The second-order valence-corrected chi connectivity index (χ2v) is 7.94. The summed E-state index contributed by atoms with van der Waals surface area (Å²) in [6, 6.07) is 5.50. The molecule has 8 heteroatoms. The van der Waals surface area contributed by atoms with Crippen LogP contribution in [0.4, 0.5) is 0 Å². The number of nitrogens with zero attached hydrogens (tertiary/aromatic N) is 1. The van der Waals surface area contributed by atoms with Gasteiger partial charge in [0.15, 0.2) is 0 Å². The lowest BCUT2D eigenvalue weighted by Crippen LogP contribution is -3.06. The number of amides is 2. The number of nitrogens with one attached hydrogen (secondary N) is 2. The van der Waals surface area contributed by atoms with Gasteiger partial charge in [0.25, 0.3) is 0 Å². The van der Waals surface area contributed by atoms with E-state index in [2.05, 4.69) is 5.32 Å². The minimum atomic E-state index is -0.284. The first-order valence-electron chi connectivity index (χ1n) is 8.61. The van der Waals surface area contributed by atoms with Gasteiger partial charge in [-0.25, -0.2) is 0 Å². The van der Waals surface area contributed by atoms with Crippen LogP contribution in [0.3, 0.4) is 0 Å². The molecule has 1 aromatic rings. The van der Waals surface area contributed by atoms with Gasteiger partial charge in [0.2, 0.25) is 11.8 Å². The van der Waals surface area contributed by atoms with E-state index in [0.717, 1.165) is 12.1 Å². The van der Waals surface area contributed by atoms with Gasteiger partial charge in [0, 0.05) is 5.56 Å². The fraction of sp³-hybridized carbons (Fsp3) is 0.556. The van der Waals surface area contributed by atoms with E-state index >= 15 is 0 Å². The van der Waals surface area contributed by atoms with Gasteiger partial charge in [-0.2, -0.15) is 0 Å². The summed E-state index contributed by atoms with van der Waals surface area (Å²) in [5.41, 5.74) is 0.833. The molecule has 2 rings (SSSR count). The highest BCUT2D eigenvalue weighted by molar-refractivity contribution is 8.01. The quantitative estimate of drug-likeness (QED) is 0.658. The summed E-state index contributed by atoms with van der Waals surface area (Å²) >= 11 is 1.51. The van der Waals surface area contributed by atoms with Gasteiger partial charge in [-0.05, 0) is 25.1 Å². The molecular weight excluding hydrogens is 354 g/mol. The summed E-state index contributed by atoms with van der Waals surface area (Å²) in [6.45, 7) is 3.31. The second-order valence-electron chi connectivity index (χ2n) is 6.51. The predicted molar refractivity (Wildman–Crippen MR) is 102 cm³/mol. The molecule has 1 saturated heterocycles. The lowest BCUT2D eigenvalue weighted by molar-refractivity contribution is -0.856. The Morgan fingerprint density at radius 1 is 1.31 bits per heavy atom. The number of benzene rings is 1. The Hall–Kier alpha value is -1.93. The lowest BCUT2D eigenvalue weighted by Gasteiger charge is -2.25. The number of ether oxygens (including phenoxy) is 2. The summed E-state index contributed by atoms with van der Waals surface area (Å²) in [7, 11) is 7.25. The third-order valence-electron chi connectivity index (χ3n) is 4.21.